The van der Waals surface area contributed by atoms with Gasteiger partial charge >= 0.3 is 0 Å². The number of phenolic OH excluding ortho intramolecular Hbond substituents is 1. The van der Waals surface area contributed by atoms with Gasteiger partial charge in [0.05, 0.1) is 5.56 Å². The number of benzene rings is 3. The largest absolute Gasteiger partial charge is 0.507 e. The summed E-state index contributed by atoms with van der Waals surface area (Å²) in [6, 6.07) is 23.7. The number of Topliss-reactive ketones (excluding diaryl/α,β-unsaturated/α-hetero) is 1. The van der Waals surface area contributed by atoms with Crippen LogP contribution in [0.2, 0.25) is 0 Å². The molecule has 0 saturated heterocycles. The van der Waals surface area contributed by atoms with Crippen LogP contribution in [0.5, 0.6) is 5.75 Å². The molecular weight excluding hydrogens is 320 g/mol. The van der Waals surface area contributed by atoms with Crippen molar-refractivity contribution >= 4 is 5.78 Å². The fraction of sp³-hybridized carbons (Fsp3) is 0.208. The van der Waals surface area contributed by atoms with Crippen molar-refractivity contribution in [2.45, 2.75) is 25.7 Å². The lowest BCUT2D eigenvalue weighted by Crippen LogP contribution is -2.30. The van der Waals surface area contributed by atoms with Crippen LogP contribution in [0.25, 0.3) is 0 Å². The topological polar surface area (TPSA) is 37.3 Å². The van der Waals surface area contributed by atoms with Crippen LogP contribution in [0.4, 0.5) is 0 Å². The lowest BCUT2D eigenvalue weighted by molar-refractivity contribution is 0.0890. The average molecular weight is 342 g/mol. The first-order chi connectivity index (χ1) is 12.6. The molecule has 0 amide bonds. The lowest BCUT2D eigenvalue weighted by atomic mass is 9.70. The second-order valence-corrected chi connectivity index (χ2v) is 7.18. The van der Waals surface area contributed by atoms with Crippen molar-refractivity contribution in [2.24, 2.45) is 5.92 Å². The normalized spacial score (nSPS) is 19.0. The molecule has 26 heavy (non-hydrogen) atoms. The summed E-state index contributed by atoms with van der Waals surface area (Å²) >= 11 is 0. The number of ketones is 1. The summed E-state index contributed by atoms with van der Waals surface area (Å²) in [6.45, 7) is 2.07. The standard InChI is InChI=1S/C24H22O2/c1-16-10-12-17(13-11-16)21-14-18-6-2-3-7-19(18)15-22(21)24(26)20-8-4-5-9-23(20)25/h2-13,21-22,25H,14-15H2,1H3/t21-,22+/m0/s1. The fourth-order valence-electron chi connectivity index (χ4n) is 4.04. The minimum Gasteiger partial charge on any atom is -0.507 e. The number of rotatable bonds is 3. The summed E-state index contributed by atoms with van der Waals surface area (Å²) in [5, 5.41) is 10.2. The Labute approximate surface area is 154 Å². The fourth-order valence-corrected chi connectivity index (χ4v) is 4.04. The molecule has 3 aromatic carbocycles. The van der Waals surface area contributed by atoms with Crippen LogP contribution >= 0.6 is 0 Å². The zero-order valence-electron chi connectivity index (χ0n) is 14.9. The van der Waals surface area contributed by atoms with Crippen molar-refractivity contribution in [3.05, 3.63) is 101 Å². The third-order valence-corrected chi connectivity index (χ3v) is 5.50. The third-order valence-electron chi connectivity index (χ3n) is 5.50. The van der Waals surface area contributed by atoms with E-state index in [0.29, 0.717) is 12.0 Å². The Hall–Kier alpha value is -2.87. The van der Waals surface area contributed by atoms with Crippen molar-refractivity contribution < 1.29 is 9.90 Å². The van der Waals surface area contributed by atoms with Crippen LogP contribution in [-0.4, -0.2) is 10.9 Å². The van der Waals surface area contributed by atoms with Crippen LogP contribution in [0.1, 0.15) is 38.5 Å². The predicted octanol–water partition coefficient (Wildman–Crippen LogP) is 5.08. The highest BCUT2D eigenvalue weighted by atomic mass is 16.3. The number of carbonyl (C=O) groups is 1. The quantitative estimate of drug-likeness (QED) is 0.674. The highest BCUT2D eigenvalue weighted by Gasteiger charge is 2.35. The van der Waals surface area contributed by atoms with E-state index in [1.165, 1.54) is 22.3 Å². The van der Waals surface area contributed by atoms with E-state index >= 15 is 0 Å². The number of aromatic hydroxyl groups is 1. The van der Waals surface area contributed by atoms with Crippen molar-refractivity contribution in [1.82, 2.24) is 0 Å². The van der Waals surface area contributed by atoms with Crippen LogP contribution in [0.15, 0.2) is 72.8 Å². The molecule has 2 atom stereocenters. The van der Waals surface area contributed by atoms with E-state index in [1.807, 2.05) is 12.1 Å². The molecule has 0 spiro atoms. The Morgan fingerprint density at radius 1 is 0.846 bits per heavy atom. The maximum Gasteiger partial charge on any atom is 0.170 e. The molecule has 0 aromatic heterocycles. The molecule has 1 aliphatic rings. The smallest absolute Gasteiger partial charge is 0.170 e. The van der Waals surface area contributed by atoms with E-state index < -0.39 is 0 Å². The van der Waals surface area contributed by atoms with Crippen molar-refractivity contribution in [3.8, 4) is 5.75 Å². The van der Waals surface area contributed by atoms with Gasteiger partial charge in [-0.3, -0.25) is 4.79 Å². The molecule has 0 unspecified atom stereocenters. The number of hydrogen-bond donors (Lipinski definition) is 1. The summed E-state index contributed by atoms with van der Waals surface area (Å²) in [5.74, 6) is 0.0562. The van der Waals surface area contributed by atoms with Gasteiger partial charge in [0, 0.05) is 5.92 Å². The van der Waals surface area contributed by atoms with E-state index in [-0.39, 0.29) is 23.4 Å². The van der Waals surface area contributed by atoms with Gasteiger partial charge in [-0.1, -0.05) is 66.2 Å². The van der Waals surface area contributed by atoms with E-state index in [2.05, 4.69) is 49.4 Å². The zero-order valence-corrected chi connectivity index (χ0v) is 14.9. The van der Waals surface area contributed by atoms with Gasteiger partial charge in [-0.15, -0.1) is 0 Å². The minimum atomic E-state index is -0.166. The molecule has 1 aliphatic carbocycles. The Morgan fingerprint density at radius 3 is 2.15 bits per heavy atom. The third kappa shape index (κ3) is 3.03. The number of fused-ring (bicyclic) bond motifs is 1. The molecule has 2 nitrogen and oxygen atoms in total. The van der Waals surface area contributed by atoms with Gasteiger partial charge in [-0.2, -0.15) is 0 Å². The van der Waals surface area contributed by atoms with Crippen LogP contribution in [0.3, 0.4) is 0 Å². The molecule has 0 radical (unpaired) electrons. The molecular formula is C24H22O2. The molecule has 0 saturated carbocycles. The molecule has 2 heteroatoms. The number of hydrogen-bond acceptors (Lipinski definition) is 2. The molecule has 0 aliphatic heterocycles. The Kier molecular flexibility index (Phi) is 4.34. The van der Waals surface area contributed by atoms with Crippen molar-refractivity contribution in [2.75, 3.05) is 0 Å². The van der Waals surface area contributed by atoms with Crippen LogP contribution in [0, 0.1) is 12.8 Å². The predicted molar refractivity (Wildman–Crippen MR) is 104 cm³/mol. The van der Waals surface area contributed by atoms with Gasteiger partial charge in [0.2, 0.25) is 0 Å². The summed E-state index contributed by atoms with van der Waals surface area (Å²) < 4.78 is 0. The highest BCUT2D eigenvalue weighted by Crippen LogP contribution is 2.39. The van der Waals surface area contributed by atoms with Gasteiger partial charge < -0.3 is 5.11 Å². The van der Waals surface area contributed by atoms with Gasteiger partial charge in [0.25, 0.3) is 0 Å². The second kappa shape index (κ2) is 6.80. The molecule has 130 valence electrons. The van der Waals surface area contributed by atoms with Gasteiger partial charge in [-0.25, -0.2) is 0 Å². The molecule has 0 bridgehead atoms. The number of phenols is 1. The molecule has 1 N–H and O–H groups in total. The van der Waals surface area contributed by atoms with E-state index in [0.717, 1.165) is 6.42 Å². The molecule has 0 fully saturated rings. The SMILES string of the molecule is Cc1ccc([C@@H]2Cc3ccccc3C[C@H]2C(=O)c2ccccc2O)cc1. The Balaban J connectivity index is 1.77. The van der Waals surface area contributed by atoms with Crippen molar-refractivity contribution in [1.29, 1.82) is 0 Å². The zero-order chi connectivity index (χ0) is 18.1. The summed E-state index contributed by atoms with van der Waals surface area (Å²) in [5.41, 5.74) is 5.39. The molecule has 0 heterocycles. The second-order valence-electron chi connectivity index (χ2n) is 7.18. The molecule has 3 aromatic rings. The first-order valence-electron chi connectivity index (χ1n) is 9.09. The number of para-hydroxylation sites is 1. The van der Waals surface area contributed by atoms with Gasteiger partial charge in [-0.05, 0) is 54.5 Å². The van der Waals surface area contributed by atoms with Crippen LogP contribution < -0.4 is 0 Å². The van der Waals surface area contributed by atoms with E-state index in [1.54, 1.807) is 18.2 Å². The maximum absolute atomic E-state index is 13.3. The van der Waals surface area contributed by atoms with E-state index in [9.17, 15) is 9.90 Å². The highest BCUT2D eigenvalue weighted by molar-refractivity contribution is 6.01. The first kappa shape index (κ1) is 16.6. The molecule has 4 rings (SSSR count). The summed E-state index contributed by atoms with van der Waals surface area (Å²) in [4.78, 5) is 13.3. The Bertz CT molecular complexity index is 940. The van der Waals surface area contributed by atoms with E-state index in [4.69, 9.17) is 0 Å². The summed E-state index contributed by atoms with van der Waals surface area (Å²) in [6.07, 6.45) is 1.56. The summed E-state index contributed by atoms with van der Waals surface area (Å²) in [7, 11) is 0. The first-order valence-corrected chi connectivity index (χ1v) is 9.09. The van der Waals surface area contributed by atoms with Crippen molar-refractivity contribution in [3.63, 3.8) is 0 Å². The average Bonchev–Trinajstić information content (AvgIpc) is 2.67. The Morgan fingerprint density at radius 2 is 1.46 bits per heavy atom. The minimum absolute atomic E-state index is 0.0307. The number of carbonyl (C=O) groups excluding carboxylic acids is 1. The number of aryl methyl sites for hydroxylation is 1. The van der Waals surface area contributed by atoms with Gasteiger partial charge in [0.1, 0.15) is 5.75 Å². The lowest BCUT2D eigenvalue weighted by Gasteiger charge is -2.33. The monoisotopic (exact) mass is 342 g/mol. The maximum atomic E-state index is 13.3. The van der Waals surface area contributed by atoms with Gasteiger partial charge in [0.15, 0.2) is 5.78 Å². The van der Waals surface area contributed by atoms with Crippen LogP contribution in [-0.2, 0) is 12.8 Å².